The topological polar surface area (TPSA) is 54.5 Å². The van der Waals surface area contributed by atoms with E-state index in [0.717, 1.165) is 55.4 Å². The molecule has 9 heteroatoms. The zero-order valence-electron chi connectivity index (χ0n) is 29.4. The molecule has 266 valence electrons. The Labute approximate surface area is 303 Å². The number of benzene rings is 2. The van der Waals surface area contributed by atoms with Gasteiger partial charge >= 0.3 is 0 Å². The average Bonchev–Trinajstić information content (AvgIpc) is 3.50. The third-order valence-corrected chi connectivity index (χ3v) is 11.7. The summed E-state index contributed by atoms with van der Waals surface area (Å²) in [7, 11) is 0. The van der Waals surface area contributed by atoms with E-state index in [4.69, 9.17) is 37.4 Å². The van der Waals surface area contributed by atoms with Crippen molar-refractivity contribution in [3.05, 3.63) is 83.1 Å². The van der Waals surface area contributed by atoms with Crippen molar-refractivity contribution in [1.82, 2.24) is 9.80 Å². The van der Waals surface area contributed by atoms with Crippen LogP contribution in [0.1, 0.15) is 71.3 Å². The number of carbonyl (C=O) groups excluding carboxylic acids is 1. The van der Waals surface area contributed by atoms with Gasteiger partial charge in [0.25, 0.3) is 0 Å². The van der Waals surface area contributed by atoms with Crippen LogP contribution in [0.5, 0.6) is 5.75 Å². The normalized spacial score (nSPS) is 30.1. The number of ether oxygens (including phenoxy) is 3. The first kappa shape index (κ1) is 36.1. The molecule has 2 aliphatic carbocycles. The van der Waals surface area contributed by atoms with Crippen molar-refractivity contribution >= 4 is 34.8 Å². The van der Waals surface area contributed by atoms with Gasteiger partial charge in [-0.3, -0.25) is 4.79 Å². The van der Waals surface area contributed by atoms with Crippen LogP contribution in [0.15, 0.2) is 67.5 Å². The van der Waals surface area contributed by atoms with Crippen molar-refractivity contribution in [3.8, 4) is 5.75 Å². The number of piperazine rings is 1. The number of anilines is 1. The lowest BCUT2D eigenvalue weighted by Gasteiger charge is -2.48. The third-order valence-electron chi connectivity index (χ3n) is 11.2. The lowest BCUT2D eigenvalue weighted by molar-refractivity contribution is -0.184. The molecular formula is C40H53Cl2N3O4. The second kappa shape index (κ2) is 15.7. The van der Waals surface area contributed by atoms with Crippen molar-refractivity contribution in [2.75, 3.05) is 50.8 Å². The summed E-state index contributed by atoms with van der Waals surface area (Å²) >= 11 is 12.8. The van der Waals surface area contributed by atoms with Gasteiger partial charge in [0.2, 0.25) is 11.7 Å². The van der Waals surface area contributed by atoms with E-state index < -0.39 is 5.79 Å². The van der Waals surface area contributed by atoms with Crippen LogP contribution in [0.2, 0.25) is 10.0 Å². The Morgan fingerprint density at radius 1 is 1.06 bits per heavy atom. The highest BCUT2D eigenvalue weighted by Gasteiger charge is 2.46. The molecule has 2 unspecified atom stereocenters. The predicted molar refractivity (Wildman–Crippen MR) is 198 cm³/mol. The van der Waals surface area contributed by atoms with Crippen molar-refractivity contribution in [3.63, 3.8) is 0 Å². The molecule has 4 aliphatic rings. The van der Waals surface area contributed by atoms with Gasteiger partial charge in [-0.1, -0.05) is 62.2 Å². The van der Waals surface area contributed by atoms with Crippen LogP contribution in [0.3, 0.4) is 0 Å². The van der Waals surface area contributed by atoms with Crippen LogP contribution in [0, 0.1) is 23.2 Å². The number of nitrogens with zero attached hydrogens (tertiary/aromatic N) is 3. The van der Waals surface area contributed by atoms with E-state index in [9.17, 15) is 4.79 Å². The Bertz CT molecular complexity index is 1460. The first-order valence-electron chi connectivity index (χ1n) is 18.1. The highest BCUT2D eigenvalue weighted by Crippen LogP contribution is 2.52. The Morgan fingerprint density at radius 3 is 2.41 bits per heavy atom. The molecule has 4 atom stereocenters. The second-order valence-corrected chi connectivity index (χ2v) is 15.9. The quantitative estimate of drug-likeness (QED) is 0.219. The fourth-order valence-corrected chi connectivity index (χ4v) is 9.54. The predicted octanol–water partition coefficient (Wildman–Crippen LogP) is 8.90. The standard InChI is InChI=1S/C40H53Cl2N3O4/c1-5-14-43(7-3)28-40(36-13-8-32(41)22-37(36)42)48-27-35(49-40)26-47-34-11-9-33(10-12-34)44-15-17-45(18-16-44)38(46)25-39(4)23-30-19-29(6-2)20-31(21-30)24-39/h5,7-14,22,29-31,35H,3,6,15-21,23-28H2,1-2,4H3/b14-5-/t29?,30?,31?,35-,39?,40-/m0/s1. The van der Waals surface area contributed by atoms with E-state index in [1.165, 1.54) is 38.5 Å². The van der Waals surface area contributed by atoms with Crippen LogP contribution in [-0.2, 0) is 20.1 Å². The summed E-state index contributed by atoms with van der Waals surface area (Å²) < 4.78 is 19.1. The molecule has 49 heavy (non-hydrogen) atoms. The van der Waals surface area contributed by atoms with Gasteiger partial charge in [-0.15, -0.1) is 0 Å². The number of hydrogen-bond donors (Lipinski definition) is 0. The van der Waals surface area contributed by atoms with Crippen molar-refractivity contribution < 1.29 is 19.0 Å². The Morgan fingerprint density at radius 2 is 1.78 bits per heavy atom. The first-order valence-corrected chi connectivity index (χ1v) is 18.9. The minimum Gasteiger partial charge on any atom is -0.491 e. The lowest BCUT2D eigenvalue weighted by Crippen LogP contribution is -2.50. The van der Waals surface area contributed by atoms with E-state index in [2.05, 4.69) is 42.4 Å². The molecule has 4 fully saturated rings. The second-order valence-electron chi connectivity index (χ2n) is 15.0. The fourth-order valence-electron chi connectivity index (χ4n) is 8.99. The van der Waals surface area contributed by atoms with Crippen LogP contribution in [0.4, 0.5) is 5.69 Å². The summed E-state index contributed by atoms with van der Waals surface area (Å²) in [5, 5.41) is 1.02. The molecule has 2 aliphatic heterocycles. The number of hydrogen-bond acceptors (Lipinski definition) is 6. The van der Waals surface area contributed by atoms with Gasteiger partial charge in [-0.2, -0.15) is 0 Å². The minimum atomic E-state index is -1.11. The Kier molecular flexibility index (Phi) is 11.5. The molecule has 2 bridgehead atoms. The maximum Gasteiger partial charge on any atom is 0.223 e. The SMILES string of the molecule is C=CN(/C=C\C)C[C@]1(c2ccc(Cl)cc2Cl)OC[C@H](COc2ccc(N3CCN(C(=O)CC4(C)CC5CC(CC)CC(C5)C4)CC3)cc2)O1. The highest BCUT2D eigenvalue weighted by molar-refractivity contribution is 6.35. The highest BCUT2D eigenvalue weighted by atomic mass is 35.5. The molecule has 2 saturated heterocycles. The summed E-state index contributed by atoms with van der Waals surface area (Å²) in [6.45, 7) is 14.9. The molecule has 6 rings (SSSR count). The molecule has 2 heterocycles. The van der Waals surface area contributed by atoms with Gasteiger partial charge in [0, 0.05) is 48.9 Å². The lowest BCUT2D eigenvalue weighted by atomic mass is 9.58. The zero-order valence-corrected chi connectivity index (χ0v) is 30.9. The van der Waals surface area contributed by atoms with Crippen LogP contribution in [-0.4, -0.2) is 67.7 Å². The molecule has 2 saturated carbocycles. The molecule has 7 nitrogen and oxygen atoms in total. The molecule has 1 amide bonds. The van der Waals surface area contributed by atoms with Crippen LogP contribution >= 0.6 is 23.2 Å². The van der Waals surface area contributed by atoms with E-state index in [1.54, 1.807) is 18.3 Å². The maximum absolute atomic E-state index is 13.5. The van der Waals surface area contributed by atoms with Gasteiger partial charge in [0.15, 0.2) is 0 Å². The number of rotatable bonds is 12. The summed E-state index contributed by atoms with van der Waals surface area (Å²) in [5.74, 6) is 2.53. The maximum atomic E-state index is 13.5. The van der Waals surface area contributed by atoms with Gasteiger partial charge in [-0.05, 0) is 111 Å². The van der Waals surface area contributed by atoms with Crippen LogP contribution < -0.4 is 9.64 Å². The molecule has 0 radical (unpaired) electrons. The summed E-state index contributed by atoms with van der Waals surface area (Å²) in [5.41, 5.74) is 2.01. The molecule has 2 aromatic carbocycles. The monoisotopic (exact) mass is 709 g/mol. The molecule has 0 N–H and O–H groups in total. The smallest absolute Gasteiger partial charge is 0.223 e. The number of allylic oxidation sites excluding steroid dienone is 1. The first-order chi connectivity index (χ1) is 23.6. The van der Waals surface area contributed by atoms with Crippen molar-refractivity contribution in [2.24, 2.45) is 23.2 Å². The summed E-state index contributed by atoms with van der Waals surface area (Å²) in [4.78, 5) is 19.9. The van der Waals surface area contributed by atoms with E-state index in [1.807, 2.05) is 42.3 Å². The zero-order chi connectivity index (χ0) is 34.6. The fraction of sp³-hybridized carbons (Fsp3) is 0.575. The van der Waals surface area contributed by atoms with E-state index >= 15 is 0 Å². The van der Waals surface area contributed by atoms with Gasteiger partial charge in [0.05, 0.1) is 18.2 Å². The number of fused-ring (bicyclic) bond motifs is 2. The number of halogens is 2. The van der Waals surface area contributed by atoms with Crippen molar-refractivity contribution in [1.29, 1.82) is 0 Å². The number of amides is 1. The number of carbonyl (C=O) groups is 1. The van der Waals surface area contributed by atoms with E-state index in [0.29, 0.717) is 47.7 Å². The van der Waals surface area contributed by atoms with Crippen molar-refractivity contribution in [2.45, 2.75) is 77.6 Å². The summed E-state index contributed by atoms with van der Waals surface area (Å²) in [6.07, 6.45) is 13.9. The van der Waals surface area contributed by atoms with Crippen LogP contribution in [0.25, 0.3) is 0 Å². The summed E-state index contributed by atoms with van der Waals surface area (Å²) in [6, 6.07) is 13.5. The molecule has 0 spiro atoms. The third kappa shape index (κ3) is 8.61. The molecule has 0 aromatic heterocycles. The van der Waals surface area contributed by atoms with Gasteiger partial charge in [-0.25, -0.2) is 0 Å². The average molecular weight is 711 g/mol. The van der Waals surface area contributed by atoms with E-state index in [-0.39, 0.29) is 11.5 Å². The van der Waals surface area contributed by atoms with Gasteiger partial charge in [0.1, 0.15) is 18.5 Å². The largest absolute Gasteiger partial charge is 0.491 e. The van der Waals surface area contributed by atoms with Gasteiger partial charge < -0.3 is 28.9 Å². The Hall–Kier alpha value is -2.71. The molecule has 2 aromatic rings. The Balaban J connectivity index is 0.992. The molecular weight excluding hydrogens is 657 g/mol. The minimum absolute atomic E-state index is 0.161.